The summed E-state index contributed by atoms with van der Waals surface area (Å²) in [6.07, 6.45) is 2.99. The minimum atomic E-state index is -0.546. The average Bonchev–Trinajstić information content (AvgIpc) is 3.08. The van der Waals surface area contributed by atoms with Gasteiger partial charge in [0.1, 0.15) is 17.9 Å². The third-order valence-electron chi connectivity index (χ3n) is 3.81. The third-order valence-corrected chi connectivity index (χ3v) is 4.07. The summed E-state index contributed by atoms with van der Waals surface area (Å²) >= 11 is 6.01. The molecule has 1 aromatic carbocycles. The van der Waals surface area contributed by atoms with E-state index in [0.717, 1.165) is 22.2 Å². The monoisotopic (exact) mass is 414 g/mol. The first-order valence-corrected chi connectivity index (χ1v) is 9.55. The molecule has 0 bridgehead atoms. The van der Waals surface area contributed by atoms with Gasteiger partial charge in [-0.25, -0.2) is 4.79 Å². The number of hydrogen-bond acceptors (Lipinski definition) is 5. The molecule has 0 saturated carbocycles. The van der Waals surface area contributed by atoms with Crippen molar-refractivity contribution in [3.63, 3.8) is 0 Å². The van der Waals surface area contributed by atoms with Crippen LogP contribution in [0.4, 0.5) is 4.79 Å². The van der Waals surface area contributed by atoms with Crippen LogP contribution in [0.2, 0.25) is 5.02 Å². The van der Waals surface area contributed by atoms with E-state index in [4.69, 9.17) is 21.2 Å². The van der Waals surface area contributed by atoms with Crippen LogP contribution in [-0.4, -0.2) is 40.5 Å². The van der Waals surface area contributed by atoms with Crippen molar-refractivity contribution in [2.24, 2.45) is 5.16 Å². The molecule has 0 aliphatic rings. The van der Waals surface area contributed by atoms with Crippen LogP contribution in [0.15, 0.2) is 53.9 Å². The first-order valence-electron chi connectivity index (χ1n) is 9.18. The topological polar surface area (TPSA) is 88.6 Å². The minimum Gasteiger partial charge on any atom is -0.444 e. The summed E-state index contributed by atoms with van der Waals surface area (Å²) in [6.45, 7) is 5.88. The van der Waals surface area contributed by atoms with Crippen molar-refractivity contribution >= 4 is 34.3 Å². The number of hydrogen-bond donors (Lipinski definition) is 2. The number of rotatable bonds is 6. The fraction of sp³-hybridized carbons (Fsp3) is 0.286. The summed E-state index contributed by atoms with van der Waals surface area (Å²) in [7, 11) is 0. The van der Waals surface area contributed by atoms with E-state index < -0.39 is 11.7 Å². The van der Waals surface area contributed by atoms with Gasteiger partial charge in [0.2, 0.25) is 0 Å². The Morgan fingerprint density at radius 1 is 1.24 bits per heavy atom. The van der Waals surface area contributed by atoms with E-state index in [1.807, 2.05) is 45.0 Å². The summed E-state index contributed by atoms with van der Waals surface area (Å²) in [5.41, 5.74) is 2.60. The minimum absolute atomic E-state index is 0.193. The van der Waals surface area contributed by atoms with E-state index in [1.165, 1.54) is 0 Å². The first kappa shape index (κ1) is 20.7. The number of nitrogens with one attached hydrogen (secondary N) is 2. The number of carbonyl (C=O) groups excluding carboxylic acids is 1. The molecular formula is C21H23ClN4O3. The van der Waals surface area contributed by atoms with Crippen LogP contribution in [0.1, 0.15) is 32.0 Å². The Labute approximate surface area is 174 Å². The molecule has 0 radical (unpaired) electrons. The molecule has 0 saturated heterocycles. The second-order valence-electron chi connectivity index (χ2n) is 7.35. The van der Waals surface area contributed by atoms with Crippen molar-refractivity contribution in [2.75, 3.05) is 13.2 Å². The highest BCUT2D eigenvalue weighted by atomic mass is 35.5. The Balaban J connectivity index is 1.71. The number of benzene rings is 1. The molecule has 8 heteroatoms. The van der Waals surface area contributed by atoms with Gasteiger partial charge in [-0.05, 0) is 45.0 Å². The molecule has 0 fully saturated rings. The molecule has 3 aromatic rings. The first-order chi connectivity index (χ1) is 13.8. The molecule has 2 N–H and O–H groups in total. The van der Waals surface area contributed by atoms with Gasteiger partial charge in [0.15, 0.2) is 0 Å². The molecule has 0 spiro atoms. The van der Waals surface area contributed by atoms with Gasteiger partial charge < -0.3 is 19.9 Å². The fourth-order valence-electron chi connectivity index (χ4n) is 2.59. The Hall–Kier alpha value is -3.06. The lowest BCUT2D eigenvalue weighted by Crippen LogP contribution is -2.34. The van der Waals surface area contributed by atoms with Gasteiger partial charge >= 0.3 is 6.09 Å². The number of amides is 1. The fourth-order valence-corrected chi connectivity index (χ4v) is 2.71. The molecule has 7 nitrogen and oxygen atoms in total. The Morgan fingerprint density at radius 2 is 2.00 bits per heavy atom. The zero-order valence-electron chi connectivity index (χ0n) is 16.5. The van der Waals surface area contributed by atoms with Gasteiger partial charge in [-0.2, -0.15) is 0 Å². The maximum absolute atomic E-state index is 11.7. The summed E-state index contributed by atoms with van der Waals surface area (Å²) in [5, 5.41) is 8.58. The zero-order chi connectivity index (χ0) is 20.9. The van der Waals surface area contributed by atoms with Crippen molar-refractivity contribution in [1.82, 2.24) is 15.3 Å². The van der Waals surface area contributed by atoms with E-state index in [0.29, 0.717) is 10.7 Å². The summed E-state index contributed by atoms with van der Waals surface area (Å²) in [6, 6.07) is 11.2. The summed E-state index contributed by atoms with van der Waals surface area (Å²) in [4.78, 5) is 24.6. The second-order valence-corrected chi connectivity index (χ2v) is 7.79. The van der Waals surface area contributed by atoms with Crippen molar-refractivity contribution in [1.29, 1.82) is 0 Å². The second kappa shape index (κ2) is 8.96. The molecule has 29 heavy (non-hydrogen) atoms. The molecule has 3 rings (SSSR count). The third kappa shape index (κ3) is 5.96. The number of ether oxygens (including phenoxy) is 1. The number of fused-ring (bicyclic) bond motifs is 1. The van der Waals surface area contributed by atoms with Crippen molar-refractivity contribution in [3.8, 4) is 0 Å². The largest absolute Gasteiger partial charge is 0.444 e. The molecule has 1 amide bonds. The maximum atomic E-state index is 11.7. The summed E-state index contributed by atoms with van der Waals surface area (Å²) < 4.78 is 5.18. The van der Waals surface area contributed by atoms with Crippen LogP contribution in [0, 0.1) is 0 Å². The Morgan fingerprint density at radius 3 is 2.69 bits per heavy atom. The van der Waals surface area contributed by atoms with Crippen LogP contribution >= 0.6 is 11.6 Å². The number of aromatic nitrogens is 2. The van der Waals surface area contributed by atoms with Crippen molar-refractivity contribution in [2.45, 2.75) is 26.4 Å². The molecule has 0 aliphatic heterocycles. The van der Waals surface area contributed by atoms with Gasteiger partial charge in [-0.15, -0.1) is 0 Å². The van der Waals surface area contributed by atoms with E-state index >= 15 is 0 Å². The number of pyridine rings is 1. The predicted molar refractivity (Wildman–Crippen MR) is 113 cm³/mol. The van der Waals surface area contributed by atoms with Crippen LogP contribution in [-0.2, 0) is 9.57 Å². The number of halogens is 1. The van der Waals surface area contributed by atoms with Crippen LogP contribution < -0.4 is 5.32 Å². The predicted octanol–water partition coefficient (Wildman–Crippen LogP) is 4.51. The van der Waals surface area contributed by atoms with E-state index in [2.05, 4.69) is 20.4 Å². The highest BCUT2D eigenvalue weighted by Crippen LogP contribution is 2.19. The van der Waals surface area contributed by atoms with E-state index in [1.54, 1.807) is 24.5 Å². The molecule has 0 atom stereocenters. The standard InChI is InChI=1S/C21H23ClN4O3/c1-21(2,3)29-20(27)24-10-11-28-26-19(14-4-6-16(22)7-5-14)17-12-15-8-9-23-13-18(15)25-17/h4-9,12-13,25H,10-11H2,1-3H3,(H,24,27)/b26-19+. The molecular weight excluding hydrogens is 392 g/mol. The molecule has 0 aliphatic carbocycles. The van der Waals surface area contributed by atoms with Crippen molar-refractivity contribution < 1.29 is 14.4 Å². The van der Waals surface area contributed by atoms with Gasteiger partial charge in [-0.1, -0.05) is 28.9 Å². The van der Waals surface area contributed by atoms with Gasteiger partial charge in [0.05, 0.1) is 24.0 Å². The number of H-pyrrole nitrogens is 1. The molecule has 2 heterocycles. The molecule has 0 unspecified atom stereocenters. The highest BCUT2D eigenvalue weighted by molar-refractivity contribution is 6.30. The van der Waals surface area contributed by atoms with E-state index in [-0.39, 0.29) is 13.2 Å². The van der Waals surface area contributed by atoms with Gasteiger partial charge in [-0.3, -0.25) is 4.98 Å². The maximum Gasteiger partial charge on any atom is 0.407 e. The van der Waals surface area contributed by atoms with Gasteiger partial charge in [0.25, 0.3) is 0 Å². The lowest BCUT2D eigenvalue weighted by molar-refractivity contribution is 0.0502. The molecule has 2 aromatic heterocycles. The summed E-state index contributed by atoms with van der Waals surface area (Å²) in [5.74, 6) is 0. The SMILES string of the molecule is CC(C)(C)OC(=O)NCCO/N=C(\c1ccc(Cl)cc1)c1cc2ccncc2[nH]1. The highest BCUT2D eigenvalue weighted by Gasteiger charge is 2.15. The number of oxime groups is 1. The number of carbonyl (C=O) groups is 1. The lowest BCUT2D eigenvalue weighted by Gasteiger charge is -2.19. The van der Waals surface area contributed by atoms with Crippen molar-refractivity contribution in [3.05, 3.63) is 65.1 Å². The Kier molecular flexibility index (Phi) is 6.39. The molecule has 152 valence electrons. The lowest BCUT2D eigenvalue weighted by atomic mass is 10.1. The van der Waals surface area contributed by atoms with Crippen LogP contribution in [0.25, 0.3) is 10.9 Å². The smallest absolute Gasteiger partial charge is 0.407 e. The zero-order valence-corrected chi connectivity index (χ0v) is 17.3. The number of aromatic amines is 1. The number of alkyl carbamates (subject to hydrolysis) is 1. The Bertz CT molecular complexity index is 974. The number of nitrogens with zero attached hydrogens (tertiary/aromatic N) is 2. The van der Waals surface area contributed by atoms with Crippen LogP contribution in [0.5, 0.6) is 0 Å². The normalized spacial score (nSPS) is 12.1. The quantitative estimate of drug-likeness (QED) is 0.353. The van der Waals surface area contributed by atoms with E-state index in [9.17, 15) is 4.79 Å². The van der Waals surface area contributed by atoms with Crippen LogP contribution in [0.3, 0.4) is 0 Å². The van der Waals surface area contributed by atoms with Gasteiger partial charge in [0, 0.05) is 22.2 Å². The average molecular weight is 415 g/mol.